The molecular formula is C17H22N4OS. The quantitative estimate of drug-likeness (QED) is 0.872. The number of Topliss-reactive ketones (excluding diaryl/α,β-unsaturated/α-hetero) is 1. The van der Waals surface area contributed by atoms with E-state index in [1.54, 1.807) is 17.5 Å². The van der Waals surface area contributed by atoms with Gasteiger partial charge in [0.25, 0.3) is 0 Å². The van der Waals surface area contributed by atoms with Gasteiger partial charge in [-0.25, -0.2) is 4.98 Å². The molecule has 122 valence electrons. The molecule has 2 N–H and O–H groups in total. The summed E-state index contributed by atoms with van der Waals surface area (Å²) in [5.41, 5.74) is 7.93. The van der Waals surface area contributed by atoms with Gasteiger partial charge in [-0.1, -0.05) is 6.92 Å². The zero-order valence-corrected chi connectivity index (χ0v) is 14.4. The third kappa shape index (κ3) is 3.22. The van der Waals surface area contributed by atoms with Crippen molar-refractivity contribution >= 4 is 28.9 Å². The topological polar surface area (TPSA) is 72.1 Å². The zero-order valence-electron chi connectivity index (χ0n) is 13.6. The van der Waals surface area contributed by atoms with Gasteiger partial charge in [0.05, 0.1) is 4.88 Å². The lowest BCUT2D eigenvalue weighted by atomic mass is 9.92. The van der Waals surface area contributed by atoms with Gasteiger partial charge >= 0.3 is 0 Å². The summed E-state index contributed by atoms with van der Waals surface area (Å²) in [6.45, 7) is 5.71. The van der Waals surface area contributed by atoms with Gasteiger partial charge in [0.15, 0.2) is 5.78 Å². The molecule has 1 atom stereocenters. The summed E-state index contributed by atoms with van der Waals surface area (Å²) in [4.78, 5) is 24.4. The van der Waals surface area contributed by atoms with E-state index in [1.165, 1.54) is 0 Å². The molecule has 0 amide bonds. The molecule has 0 aliphatic carbocycles. The lowest BCUT2D eigenvalue weighted by molar-refractivity contribution is 0.0910. The summed E-state index contributed by atoms with van der Waals surface area (Å²) in [7, 11) is 0. The summed E-state index contributed by atoms with van der Waals surface area (Å²) >= 11 is 1.54. The van der Waals surface area contributed by atoms with Crippen LogP contribution in [0.4, 0.5) is 11.8 Å². The number of nitrogens with zero attached hydrogens (tertiary/aromatic N) is 3. The molecule has 2 aromatic heterocycles. The average molecular weight is 330 g/mol. The third-order valence-electron chi connectivity index (χ3n) is 4.42. The van der Waals surface area contributed by atoms with Gasteiger partial charge in [0, 0.05) is 30.8 Å². The Morgan fingerprint density at radius 2 is 2.35 bits per heavy atom. The van der Waals surface area contributed by atoms with Crippen molar-refractivity contribution in [2.24, 2.45) is 5.92 Å². The van der Waals surface area contributed by atoms with Crippen molar-refractivity contribution in [3.63, 3.8) is 0 Å². The van der Waals surface area contributed by atoms with E-state index >= 15 is 0 Å². The number of piperidine rings is 1. The minimum absolute atomic E-state index is 0.0296. The van der Waals surface area contributed by atoms with Gasteiger partial charge in [-0.05, 0) is 43.2 Å². The van der Waals surface area contributed by atoms with Crippen LogP contribution in [0.1, 0.15) is 40.6 Å². The largest absolute Gasteiger partial charge is 0.368 e. The van der Waals surface area contributed by atoms with Crippen LogP contribution in [0.5, 0.6) is 0 Å². The lowest BCUT2D eigenvalue weighted by Crippen LogP contribution is -2.39. The number of nitrogens with two attached hydrogens (primary N) is 1. The van der Waals surface area contributed by atoms with Crippen LogP contribution >= 0.6 is 11.3 Å². The highest BCUT2D eigenvalue weighted by molar-refractivity contribution is 7.12. The summed E-state index contributed by atoms with van der Waals surface area (Å²) in [5, 5.41) is 1.99. The third-order valence-corrected chi connectivity index (χ3v) is 5.45. The molecule has 0 radical (unpaired) electrons. The summed E-state index contributed by atoms with van der Waals surface area (Å²) in [5.74, 6) is 1.48. The molecule has 1 saturated heterocycles. The second kappa shape index (κ2) is 6.66. The number of thiophene rings is 1. The Labute approximate surface area is 140 Å². The van der Waals surface area contributed by atoms with Crippen molar-refractivity contribution in [1.82, 2.24) is 9.97 Å². The maximum Gasteiger partial charge on any atom is 0.221 e. The number of hydrogen-bond acceptors (Lipinski definition) is 6. The van der Waals surface area contributed by atoms with E-state index in [9.17, 15) is 4.79 Å². The van der Waals surface area contributed by atoms with Crippen LogP contribution in [0.15, 0.2) is 17.6 Å². The first-order chi connectivity index (χ1) is 11.1. The number of nitrogen functional groups attached to an aromatic ring is 1. The average Bonchev–Trinajstić information content (AvgIpc) is 3.00. The Hall–Kier alpha value is -1.95. The van der Waals surface area contributed by atoms with Crippen molar-refractivity contribution in [3.8, 4) is 0 Å². The molecule has 2 aromatic rings. The molecule has 1 aliphatic heterocycles. The van der Waals surface area contributed by atoms with Gasteiger partial charge < -0.3 is 10.6 Å². The van der Waals surface area contributed by atoms with Gasteiger partial charge in [-0.2, -0.15) is 4.98 Å². The predicted molar refractivity (Wildman–Crippen MR) is 94.1 cm³/mol. The monoisotopic (exact) mass is 330 g/mol. The first kappa shape index (κ1) is 15.9. The number of ketones is 1. The molecule has 0 bridgehead atoms. The van der Waals surface area contributed by atoms with Crippen LogP contribution in [-0.2, 0) is 6.42 Å². The van der Waals surface area contributed by atoms with Gasteiger partial charge in [-0.15, -0.1) is 11.3 Å². The predicted octanol–water partition coefficient (Wildman–Crippen LogP) is 3.09. The molecule has 0 saturated carbocycles. The van der Waals surface area contributed by atoms with E-state index < -0.39 is 0 Å². The number of aromatic nitrogens is 2. The Kier molecular flexibility index (Phi) is 4.61. The second-order valence-corrected chi connectivity index (χ2v) is 6.93. The highest BCUT2D eigenvalue weighted by Crippen LogP contribution is 2.29. The Bertz CT molecular complexity index is 712. The highest BCUT2D eigenvalue weighted by atomic mass is 32.1. The fourth-order valence-corrected chi connectivity index (χ4v) is 4.07. The Morgan fingerprint density at radius 3 is 3.04 bits per heavy atom. The number of carbonyl (C=O) groups excluding carboxylic acids is 1. The van der Waals surface area contributed by atoms with Gasteiger partial charge in [-0.3, -0.25) is 4.79 Å². The summed E-state index contributed by atoms with van der Waals surface area (Å²) in [6, 6.07) is 2.01. The van der Waals surface area contributed by atoms with Gasteiger partial charge in [0.2, 0.25) is 5.95 Å². The van der Waals surface area contributed by atoms with E-state index in [1.807, 2.05) is 18.4 Å². The Morgan fingerprint density at radius 1 is 1.52 bits per heavy atom. The highest BCUT2D eigenvalue weighted by Gasteiger charge is 2.29. The molecule has 0 unspecified atom stereocenters. The summed E-state index contributed by atoms with van der Waals surface area (Å²) in [6.07, 6.45) is 4.59. The number of aryl methyl sites for hydroxylation is 2. The van der Waals surface area contributed by atoms with Crippen LogP contribution in [0.2, 0.25) is 0 Å². The van der Waals surface area contributed by atoms with Crippen LogP contribution in [-0.4, -0.2) is 28.8 Å². The molecule has 6 heteroatoms. The zero-order chi connectivity index (χ0) is 16.4. The van der Waals surface area contributed by atoms with Crippen LogP contribution < -0.4 is 10.6 Å². The first-order valence-corrected chi connectivity index (χ1v) is 8.92. The van der Waals surface area contributed by atoms with E-state index in [0.29, 0.717) is 12.5 Å². The molecule has 0 spiro atoms. The fourth-order valence-electron chi connectivity index (χ4n) is 3.13. The molecule has 5 nitrogen and oxygen atoms in total. The minimum atomic E-state index is 0.0296. The molecule has 0 aromatic carbocycles. The minimum Gasteiger partial charge on any atom is -0.368 e. The maximum absolute atomic E-state index is 12.8. The molecule has 3 heterocycles. The van der Waals surface area contributed by atoms with Crippen molar-refractivity contribution < 1.29 is 4.79 Å². The first-order valence-electron chi connectivity index (χ1n) is 8.04. The number of rotatable bonds is 4. The van der Waals surface area contributed by atoms with Crippen LogP contribution in [0.3, 0.4) is 0 Å². The van der Waals surface area contributed by atoms with Crippen LogP contribution in [0.25, 0.3) is 0 Å². The normalized spacial score (nSPS) is 18.2. The number of anilines is 2. The molecule has 1 aliphatic rings. The van der Waals surface area contributed by atoms with E-state index in [4.69, 9.17) is 5.73 Å². The maximum atomic E-state index is 12.8. The molecule has 3 rings (SSSR count). The van der Waals surface area contributed by atoms with Crippen molar-refractivity contribution in [1.29, 1.82) is 0 Å². The van der Waals surface area contributed by atoms with Gasteiger partial charge in [0.1, 0.15) is 5.82 Å². The van der Waals surface area contributed by atoms with Crippen LogP contribution in [0, 0.1) is 12.8 Å². The van der Waals surface area contributed by atoms with Crippen molar-refractivity contribution in [2.75, 3.05) is 23.7 Å². The van der Waals surface area contributed by atoms with E-state index in [2.05, 4.69) is 21.8 Å². The lowest BCUT2D eigenvalue weighted by Gasteiger charge is -2.33. The smallest absolute Gasteiger partial charge is 0.221 e. The number of carbonyl (C=O) groups is 1. The number of hydrogen-bond donors (Lipinski definition) is 1. The van der Waals surface area contributed by atoms with E-state index in [0.717, 1.165) is 47.6 Å². The fraction of sp³-hybridized carbons (Fsp3) is 0.471. The second-order valence-electron chi connectivity index (χ2n) is 6.01. The van der Waals surface area contributed by atoms with Crippen molar-refractivity contribution in [2.45, 2.75) is 33.1 Å². The standard InChI is InChI=1S/C17H22N4OS/c1-3-12-9-19-17(18)20-16(12)21-7-4-5-13(10-21)14(22)15-11(2)6-8-23-15/h6,8-9,13H,3-5,7,10H2,1-2H3,(H2,18,19,20)/t13-/m0/s1. The van der Waals surface area contributed by atoms with Crippen molar-refractivity contribution in [3.05, 3.63) is 33.6 Å². The molecular weight excluding hydrogens is 308 g/mol. The SMILES string of the molecule is CCc1cnc(N)nc1N1CCC[C@H](C(=O)c2sccc2C)C1. The summed E-state index contributed by atoms with van der Waals surface area (Å²) < 4.78 is 0. The molecule has 1 fully saturated rings. The molecule has 23 heavy (non-hydrogen) atoms. The Balaban J connectivity index is 1.83. The van der Waals surface area contributed by atoms with E-state index in [-0.39, 0.29) is 11.7 Å².